The molecule has 0 aliphatic carbocycles. The Kier molecular flexibility index (Phi) is 5.40. The van der Waals surface area contributed by atoms with Crippen LogP contribution in [0.25, 0.3) is 22.0 Å². The van der Waals surface area contributed by atoms with Crippen molar-refractivity contribution in [3.63, 3.8) is 0 Å². The highest BCUT2D eigenvalue weighted by molar-refractivity contribution is 6.05. The Morgan fingerprint density at radius 2 is 2.00 bits per heavy atom. The highest BCUT2D eigenvalue weighted by Gasteiger charge is 2.25. The van der Waals surface area contributed by atoms with Gasteiger partial charge in [0.25, 0.3) is 5.91 Å². The Hall–Kier alpha value is -2.67. The van der Waals surface area contributed by atoms with Crippen LogP contribution in [0.3, 0.4) is 0 Å². The number of nitrogens with one attached hydrogen (secondary N) is 2. The number of H-pyrrole nitrogens is 1. The predicted octanol–water partition coefficient (Wildman–Crippen LogP) is 4.08. The quantitative estimate of drug-likeness (QED) is 0.678. The number of benzene rings is 1. The predicted molar refractivity (Wildman–Crippen MR) is 117 cm³/mol. The monoisotopic (exact) mass is 409 g/mol. The zero-order valence-corrected chi connectivity index (χ0v) is 18.5. The number of piperidine rings is 1. The molecular formula is C23H31N5O2. The molecule has 1 aliphatic rings. The van der Waals surface area contributed by atoms with E-state index >= 15 is 0 Å². The molecule has 0 bridgehead atoms. The van der Waals surface area contributed by atoms with Gasteiger partial charge in [-0.05, 0) is 49.8 Å². The van der Waals surface area contributed by atoms with Gasteiger partial charge in [0.2, 0.25) is 0 Å². The number of aromatic amines is 1. The van der Waals surface area contributed by atoms with Gasteiger partial charge in [0, 0.05) is 36.6 Å². The van der Waals surface area contributed by atoms with Crippen LogP contribution in [0.5, 0.6) is 0 Å². The fourth-order valence-corrected chi connectivity index (χ4v) is 4.40. The van der Waals surface area contributed by atoms with Crippen molar-refractivity contribution < 1.29 is 9.32 Å². The number of aryl methyl sites for hydroxylation is 2. The molecule has 7 heteroatoms. The maximum atomic E-state index is 13.0. The maximum Gasteiger partial charge on any atom is 0.272 e. The van der Waals surface area contributed by atoms with Crippen molar-refractivity contribution in [3.05, 3.63) is 35.3 Å². The number of aromatic nitrogens is 3. The van der Waals surface area contributed by atoms with Crippen molar-refractivity contribution in [2.75, 3.05) is 19.6 Å². The minimum atomic E-state index is -0.119. The Labute approximate surface area is 177 Å². The molecule has 1 fully saturated rings. The summed E-state index contributed by atoms with van der Waals surface area (Å²) in [6.07, 6.45) is 1.93. The molecule has 1 saturated heterocycles. The lowest BCUT2D eigenvalue weighted by Gasteiger charge is -2.36. The SMILES string of the molecule is Cc1noc(C)c1-c1ccc2[nH]nc(C(=O)NC3CCN(CC(C)(C)C)CC3)c2c1. The van der Waals surface area contributed by atoms with Gasteiger partial charge in [0.15, 0.2) is 5.69 Å². The molecule has 0 saturated carbocycles. The second kappa shape index (κ2) is 7.87. The number of rotatable bonds is 4. The number of hydrogen-bond acceptors (Lipinski definition) is 5. The van der Waals surface area contributed by atoms with Crippen molar-refractivity contribution in [2.45, 2.75) is 53.5 Å². The number of hydrogen-bond donors (Lipinski definition) is 2. The molecule has 160 valence electrons. The molecule has 7 nitrogen and oxygen atoms in total. The Morgan fingerprint density at radius 1 is 1.27 bits per heavy atom. The van der Waals surface area contributed by atoms with Gasteiger partial charge in [0.05, 0.1) is 11.2 Å². The minimum absolute atomic E-state index is 0.119. The highest BCUT2D eigenvalue weighted by Crippen LogP contribution is 2.30. The summed E-state index contributed by atoms with van der Waals surface area (Å²) in [6, 6.07) is 6.13. The van der Waals surface area contributed by atoms with Crippen molar-refractivity contribution in [3.8, 4) is 11.1 Å². The number of amides is 1. The second-order valence-corrected chi connectivity index (χ2v) is 9.62. The Bertz CT molecular complexity index is 1030. The van der Waals surface area contributed by atoms with Crippen LogP contribution in [0, 0.1) is 19.3 Å². The van der Waals surface area contributed by atoms with Crippen LogP contribution < -0.4 is 5.32 Å². The van der Waals surface area contributed by atoms with Gasteiger partial charge in [-0.2, -0.15) is 5.10 Å². The van der Waals surface area contributed by atoms with Crippen LogP contribution in [0.4, 0.5) is 0 Å². The van der Waals surface area contributed by atoms with Crippen molar-refractivity contribution in [1.82, 2.24) is 25.6 Å². The number of carbonyl (C=O) groups excluding carboxylic acids is 1. The normalized spacial score (nSPS) is 16.3. The summed E-state index contributed by atoms with van der Waals surface area (Å²) in [4.78, 5) is 15.5. The molecule has 3 heterocycles. The molecule has 0 atom stereocenters. The molecule has 3 aromatic rings. The van der Waals surface area contributed by atoms with Crippen LogP contribution in [-0.2, 0) is 0 Å². The van der Waals surface area contributed by atoms with E-state index < -0.39 is 0 Å². The number of nitrogens with zero attached hydrogens (tertiary/aromatic N) is 3. The van der Waals surface area contributed by atoms with Crippen LogP contribution in [0.1, 0.15) is 55.6 Å². The van der Waals surface area contributed by atoms with Crippen molar-refractivity contribution >= 4 is 16.8 Å². The topological polar surface area (TPSA) is 87.0 Å². The van der Waals surface area contributed by atoms with Crippen LogP contribution in [0.15, 0.2) is 22.7 Å². The second-order valence-electron chi connectivity index (χ2n) is 9.62. The first-order valence-electron chi connectivity index (χ1n) is 10.7. The molecule has 1 amide bonds. The summed E-state index contributed by atoms with van der Waals surface area (Å²) in [5.41, 5.74) is 4.36. The van der Waals surface area contributed by atoms with Gasteiger partial charge in [-0.15, -0.1) is 0 Å². The van der Waals surface area contributed by atoms with E-state index in [4.69, 9.17) is 4.52 Å². The van der Waals surface area contributed by atoms with Gasteiger partial charge in [-0.3, -0.25) is 9.89 Å². The summed E-state index contributed by atoms with van der Waals surface area (Å²) >= 11 is 0. The third-order valence-electron chi connectivity index (χ3n) is 5.72. The molecule has 30 heavy (non-hydrogen) atoms. The van der Waals surface area contributed by atoms with E-state index in [0.717, 1.165) is 66.0 Å². The first-order chi connectivity index (χ1) is 14.2. The molecule has 1 aromatic carbocycles. The van der Waals surface area contributed by atoms with E-state index in [1.807, 2.05) is 32.0 Å². The minimum Gasteiger partial charge on any atom is -0.361 e. The average Bonchev–Trinajstić information content (AvgIpc) is 3.24. The van der Waals surface area contributed by atoms with E-state index in [1.165, 1.54) is 0 Å². The third kappa shape index (κ3) is 4.26. The zero-order chi connectivity index (χ0) is 21.5. The summed E-state index contributed by atoms with van der Waals surface area (Å²) in [7, 11) is 0. The van der Waals surface area contributed by atoms with Crippen molar-refractivity contribution in [2.24, 2.45) is 5.41 Å². The fraction of sp³-hybridized carbons (Fsp3) is 0.522. The number of carbonyl (C=O) groups is 1. The number of fused-ring (bicyclic) bond motifs is 1. The smallest absolute Gasteiger partial charge is 0.272 e. The van der Waals surface area contributed by atoms with E-state index in [9.17, 15) is 4.79 Å². The van der Waals surface area contributed by atoms with E-state index in [2.05, 4.69) is 46.3 Å². The van der Waals surface area contributed by atoms with E-state index in [1.54, 1.807) is 0 Å². The summed E-state index contributed by atoms with van der Waals surface area (Å²) in [6.45, 7) is 13.7. The molecule has 2 aromatic heterocycles. The van der Waals surface area contributed by atoms with Gasteiger partial charge in [-0.1, -0.05) is 32.0 Å². The Balaban J connectivity index is 1.48. The molecular weight excluding hydrogens is 378 g/mol. The summed E-state index contributed by atoms with van der Waals surface area (Å²) in [5, 5.41) is 15.3. The van der Waals surface area contributed by atoms with Gasteiger partial charge in [-0.25, -0.2) is 0 Å². The highest BCUT2D eigenvalue weighted by atomic mass is 16.5. The maximum absolute atomic E-state index is 13.0. The molecule has 0 unspecified atom stereocenters. The molecule has 2 N–H and O–H groups in total. The van der Waals surface area contributed by atoms with E-state index in [-0.39, 0.29) is 11.9 Å². The Morgan fingerprint density at radius 3 is 2.63 bits per heavy atom. The summed E-state index contributed by atoms with van der Waals surface area (Å²) < 4.78 is 5.30. The zero-order valence-electron chi connectivity index (χ0n) is 18.5. The standard InChI is InChI=1S/C23H31N5O2/c1-14-20(15(2)30-27-14)16-6-7-19-18(12-16)21(26-25-19)22(29)24-17-8-10-28(11-9-17)13-23(3,4)5/h6-7,12,17H,8-11,13H2,1-5H3,(H,24,29)(H,25,26). The molecule has 4 rings (SSSR count). The largest absolute Gasteiger partial charge is 0.361 e. The number of likely N-dealkylation sites (tertiary alicyclic amines) is 1. The van der Waals surface area contributed by atoms with Crippen LogP contribution >= 0.6 is 0 Å². The van der Waals surface area contributed by atoms with Gasteiger partial charge < -0.3 is 14.7 Å². The van der Waals surface area contributed by atoms with Gasteiger partial charge in [0.1, 0.15) is 5.76 Å². The summed E-state index contributed by atoms with van der Waals surface area (Å²) in [5.74, 6) is 0.648. The fourth-order valence-electron chi connectivity index (χ4n) is 4.40. The van der Waals surface area contributed by atoms with Crippen LogP contribution in [0.2, 0.25) is 0 Å². The lowest BCUT2D eigenvalue weighted by molar-refractivity contribution is 0.0892. The molecule has 0 radical (unpaired) electrons. The van der Waals surface area contributed by atoms with Crippen LogP contribution in [-0.4, -0.2) is 51.8 Å². The van der Waals surface area contributed by atoms with Gasteiger partial charge >= 0.3 is 0 Å². The third-order valence-corrected chi connectivity index (χ3v) is 5.72. The van der Waals surface area contributed by atoms with E-state index in [0.29, 0.717) is 11.1 Å². The average molecular weight is 410 g/mol. The van der Waals surface area contributed by atoms with Crippen molar-refractivity contribution in [1.29, 1.82) is 0 Å². The molecule has 0 spiro atoms. The first kappa shape index (κ1) is 20.6. The molecule has 1 aliphatic heterocycles. The lowest BCUT2D eigenvalue weighted by Crippen LogP contribution is -2.46. The first-order valence-corrected chi connectivity index (χ1v) is 10.7. The lowest BCUT2D eigenvalue weighted by atomic mass is 9.94.